The molecule has 1 amide bonds. The van der Waals surface area contributed by atoms with Gasteiger partial charge in [-0.1, -0.05) is 6.92 Å². The van der Waals surface area contributed by atoms with Crippen LogP contribution in [0.2, 0.25) is 0 Å². The first-order valence-corrected chi connectivity index (χ1v) is 5.96. The Morgan fingerprint density at radius 3 is 2.73 bits per heavy atom. The fourth-order valence-electron chi connectivity index (χ4n) is 2.55. The molecule has 4 heteroatoms. The Labute approximate surface area is 91.4 Å². The molecule has 2 rings (SSSR count). The van der Waals surface area contributed by atoms with E-state index in [0.717, 1.165) is 52.0 Å². The van der Waals surface area contributed by atoms with Crippen LogP contribution >= 0.6 is 0 Å². The molecule has 2 fully saturated rings. The van der Waals surface area contributed by atoms with Gasteiger partial charge < -0.3 is 10.2 Å². The molecule has 0 aromatic carbocycles. The van der Waals surface area contributed by atoms with E-state index in [0.29, 0.717) is 5.91 Å². The lowest BCUT2D eigenvalue weighted by atomic mass is 9.92. The summed E-state index contributed by atoms with van der Waals surface area (Å²) in [5.74, 6) is 0.303. The zero-order valence-electron chi connectivity index (χ0n) is 9.46. The maximum Gasteiger partial charge on any atom is 0.242 e. The van der Waals surface area contributed by atoms with Crippen LogP contribution in [0.3, 0.4) is 0 Å². The largest absolute Gasteiger partial charge is 0.338 e. The van der Waals surface area contributed by atoms with Crippen LogP contribution in [-0.4, -0.2) is 49.1 Å². The minimum atomic E-state index is -0.253. The first-order chi connectivity index (χ1) is 7.28. The zero-order chi connectivity index (χ0) is 10.7. The molecule has 1 atom stereocenters. The van der Waals surface area contributed by atoms with E-state index in [1.54, 1.807) is 0 Å². The van der Waals surface area contributed by atoms with Gasteiger partial charge in [-0.15, -0.1) is 0 Å². The van der Waals surface area contributed by atoms with Crippen molar-refractivity contribution < 1.29 is 4.79 Å². The summed E-state index contributed by atoms with van der Waals surface area (Å²) in [5, 5.41) is 7.67. The van der Waals surface area contributed by atoms with Gasteiger partial charge in [0.15, 0.2) is 0 Å². The Hall–Kier alpha value is -0.610. The molecule has 1 N–H and O–H groups in total. The Kier molecular flexibility index (Phi) is 3.26. The Balaban J connectivity index is 2.03. The molecule has 1 unspecified atom stereocenters. The zero-order valence-corrected chi connectivity index (χ0v) is 9.46. The predicted octanol–water partition coefficient (Wildman–Crippen LogP) is -0.0348. The third-order valence-electron chi connectivity index (χ3n) is 3.60. The standard InChI is InChI=1S/C11H20N3O/c1-2-11(4-3-5-13-11)10(15)14-8-6-12-7-9-14/h13H,2-9H2,1H3. The van der Waals surface area contributed by atoms with E-state index in [2.05, 4.69) is 17.6 Å². The summed E-state index contributed by atoms with van der Waals surface area (Å²) in [4.78, 5) is 14.4. The van der Waals surface area contributed by atoms with Gasteiger partial charge in [0.1, 0.15) is 0 Å². The molecular weight excluding hydrogens is 190 g/mol. The highest BCUT2D eigenvalue weighted by molar-refractivity contribution is 5.86. The highest BCUT2D eigenvalue weighted by Gasteiger charge is 2.41. The van der Waals surface area contributed by atoms with Crippen molar-refractivity contribution in [2.75, 3.05) is 32.7 Å². The number of amides is 1. The number of hydrogen-bond acceptors (Lipinski definition) is 2. The van der Waals surface area contributed by atoms with Crippen LogP contribution in [0.25, 0.3) is 0 Å². The average molecular weight is 210 g/mol. The molecule has 0 aromatic rings. The van der Waals surface area contributed by atoms with Gasteiger partial charge in [0.2, 0.25) is 5.91 Å². The number of hydrogen-bond donors (Lipinski definition) is 1. The number of nitrogens with zero attached hydrogens (tertiary/aromatic N) is 2. The molecule has 0 saturated carbocycles. The van der Waals surface area contributed by atoms with Gasteiger partial charge in [0, 0.05) is 26.2 Å². The van der Waals surface area contributed by atoms with Crippen molar-refractivity contribution >= 4 is 5.91 Å². The van der Waals surface area contributed by atoms with Crippen molar-refractivity contribution in [3.8, 4) is 0 Å². The SMILES string of the molecule is CCC1(C(=O)N2CC[N]CC2)CCCN1. The first kappa shape index (κ1) is 10.9. The van der Waals surface area contributed by atoms with Crippen LogP contribution in [0.5, 0.6) is 0 Å². The smallest absolute Gasteiger partial charge is 0.242 e. The number of carbonyl (C=O) groups is 1. The third-order valence-corrected chi connectivity index (χ3v) is 3.60. The fourth-order valence-corrected chi connectivity index (χ4v) is 2.55. The molecule has 2 aliphatic heterocycles. The molecule has 2 aliphatic rings. The maximum atomic E-state index is 12.4. The Morgan fingerprint density at radius 1 is 1.47 bits per heavy atom. The lowest BCUT2D eigenvalue weighted by molar-refractivity contribution is -0.138. The molecule has 1 radical (unpaired) electrons. The Morgan fingerprint density at radius 2 is 2.20 bits per heavy atom. The number of rotatable bonds is 2. The third kappa shape index (κ3) is 2.01. The molecule has 2 saturated heterocycles. The van der Waals surface area contributed by atoms with Gasteiger partial charge in [0.05, 0.1) is 5.54 Å². The number of piperazine rings is 1. The van der Waals surface area contributed by atoms with Crippen molar-refractivity contribution in [3.05, 3.63) is 0 Å². The highest BCUT2D eigenvalue weighted by atomic mass is 16.2. The van der Waals surface area contributed by atoms with E-state index in [4.69, 9.17) is 0 Å². The van der Waals surface area contributed by atoms with E-state index in [1.807, 2.05) is 4.90 Å². The summed E-state index contributed by atoms with van der Waals surface area (Å²) in [6.45, 7) is 6.32. The molecule has 0 aromatic heterocycles. The van der Waals surface area contributed by atoms with Crippen molar-refractivity contribution in [2.45, 2.75) is 31.7 Å². The van der Waals surface area contributed by atoms with Crippen LogP contribution in [0.1, 0.15) is 26.2 Å². The normalized spacial score (nSPS) is 31.9. The average Bonchev–Trinajstić information content (AvgIpc) is 2.79. The summed E-state index contributed by atoms with van der Waals surface area (Å²) in [6, 6.07) is 0. The summed E-state index contributed by atoms with van der Waals surface area (Å²) in [7, 11) is 0. The minimum Gasteiger partial charge on any atom is -0.338 e. The number of nitrogens with one attached hydrogen (secondary N) is 1. The second-order valence-corrected chi connectivity index (χ2v) is 4.43. The van der Waals surface area contributed by atoms with Gasteiger partial charge in [-0.2, -0.15) is 0 Å². The second kappa shape index (κ2) is 4.49. The molecule has 85 valence electrons. The van der Waals surface area contributed by atoms with Gasteiger partial charge in [-0.05, 0) is 25.8 Å². The molecule has 15 heavy (non-hydrogen) atoms. The van der Waals surface area contributed by atoms with E-state index in [9.17, 15) is 4.79 Å². The van der Waals surface area contributed by atoms with Crippen LogP contribution in [0, 0.1) is 0 Å². The van der Waals surface area contributed by atoms with Crippen LogP contribution in [0.15, 0.2) is 0 Å². The summed E-state index contributed by atoms with van der Waals surface area (Å²) < 4.78 is 0. The monoisotopic (exact) mass is 210 g/mol. The molecule has 0 aliphatic carbocycles. The van der Waals surface area contributed by atoms with Crippen LogP contribution in [-0.2, 0) is 4.79 Å². The lowest BCUT2D eigenvalue weighted by Gasteiger charge is -2.35. The minimum absolute atomic E-state index is 0.253. The van der Waals surface area contributed by atoms with Gasteiger partial charge in [-0.3, -0.25) is 4.79 Å². The highest BCUT2D eigenvalue weighted by Crippen LogP contribution is 2.25. The molecule has 0 spiro atoms. The summed E-state index contributed by atoms with van der Waals surface area (Å²) >= 11 is 0. The Bertz CT molecular complexity index is 230. The van der Waals surface area contributed by atoms with Crippen molar-refractivity contribution in [1.82, 2.24) is 15.5 Å². The molecule has 2 heterocycles. The van der Waals surface area contributed by atoms with Gasteiger partial charge in [-0.25, -0.2) is 5.32 Å². The van der Waals surface area contributed by atoms with Crippen molar-refractivity contribution in [3.63, 3.8) is 0 Å². The van der Waals surface area contributed by atoms with Gasteiger partial charge in [0.25, 0.3) is 0 Å². The second-order valence-electron chi connectivity index (χ2n) is 4.43. The lowest BCUT2D eigenvalue weighted by Crippen LogP contribution is -2.57. The van der Waals surface area contributed by atoms with Crippen molar-refractivity contribution in [1.29, 1.82) is 0 Å². The summed E-state index contributed by atoms with van der Waals surface area (Å²) in [5.41, 5.74) is -0.253. The molecule has 0 bridgehead atoms. The summed E-state index contributed by atoms with van der Waals surface area (Å²) in [6.07, 6.45) is 3.02. The van der Waals surface area contributed by atoms with Crippen LogP contribution in [0.4, 0.5) is 0 Å². The van der Waals surface area contributed by atoms with Gasteiger partial charge >= 0.3 is 0 Å². The topological polar surface area (TPSA) is 46.4 Å². The van der Waals surface area contributed by atoms with E-state index >= 15 is 0 Å². The van der Waals surface area contributed by atoms with Crippen LogP contribution < -0.4 is 10.6 Å². The molecular formula is C11H20N3O. The predicted molar refractivity (Wildman–Crippen MR) is 58.7 cm³/mol. The first-order valence-electron chi connectivity index (χ1n) is 5.96. The van der Waals surface area contributed by atoms with E-state index in [-0.39, 0.29) is 5.54 Å². The molecule has 4 nitrogen and oxygen atoms in total. The maximum absolute atomic E-state index is 12.4. The van der Waals surface area contributed by atoms with E-state index < -0.39 is 0 Å². The number of carbonyl (C=O) groups excluding carboxylic acids is 1. The fraction of sp³-hybridized carbons (Fsp3) is 0.909. The van der Waals surface area contributed by atoms with Crippen molar-refractivity contribution in [2.24, 2.45) is 0 Å². The van der Waals surface area contributed by atoms with E-state index in [1.165, 1.54) is 0 Å². The quantitative estimate of drug-likeness (QED) is 0.695.